The van der Waals surface area contributed by atoms with Crippen molar-refractivity contribution in [2.45, 2.75) is 0 Å². The summed E-state index contributed by atoms with van der Waals surface area (Å²) in [6.07, 6.45) is 0. The molecule has 7 aromatic carbocycles. The molecule has 51 heavy (non-hydrogen) atoms. The number of para-hydroxylation sites is 2. The van der Waals surface area contributed by atoms with Crippen LogP contribution < -0.4 is 0 Å². The van der Waals surface area contributed by atoms with Gasteiger partial charge in [0.2, 0.25) is 0 Å². The first-order valence-electron chi connectivity index (χ1n) is 16.9. The minimum atomic E-state index is 0.666. The normalized spacial score (nSPS) is 11.9. The van der Waals surface area contributed by atoms with Gasteiger partial charge in [-0.05, 0) is 54.6 Å². The molecule has 0 spiro atoms. The third kappa shape index (κ3) is 4.47. The molecule has 0 bridgehead atoms. The van der Waals surface area contributed by atoms with Crippen LogP contribution in [0.1, 0.15) is 0 Å². The lowest BCUT2D eigenvalue weighted by molar-refractivity contribution is 1.07. The Bertz CT molecular complexity index is 3030. The molecule has 4 nitrogen and oxygen atoms in total. The lowest BCUT2D eigenvalue weighted by Crippen LogP contribution is -2.00. The number of nitrogens with zero attached hydrogens (tertiary/aromatic N) is 4. The highest BCUT2D eigenvalue weighted by Crippen LogP contribution is 2.45. The fourth-order valence-corrected chi connectivity index (χ4v) is 9.85. The molecule has 4 heterocycles. The van der Waals surface area contributed by atoms with E-state index in [1.807, 2.05) is 83.3 Å². The van der Waals surface area contributed by atoms with Crippen molar-refractivity contribution in [3.8, 4) is 39.9 Å². The van der Waals surface area contributed by atoms with E-state index in [-0.39, 0.29) is 0 Å². The molecular weight excluding hydrogens is 661 g/mol. The van der Waals surface area contributed by atoms with Crippen molar-refractivity contribution < 1.29 is 0 Å². The molecule has 6 heteroatoms. The lowest BCUT2D eigenvalue weighted by Gasteiger charge is -2.10. The standard InChI is InChI=1S/C45H26N4S2/c1-3-12-27(13-4-1)43-46-44(28-14-5-2-6-15-28)48-45(47-43)29-22-23-38-32(24-29)33-25-34-41(26-40(33)50-38)51-39-21-11-20-37(42(34)39)49-35-18-9-7-16-30(35)31-17-8-10-19-36(31)49/h1-26H. The van der Waals surface area contributed by atoms with Crippen molar-refractivity contribution in [1.29, 1.82) is 0 Å². The molecule has 11 rings (SSSR count). The molecular formula is C45H26N4S2. The SMILES string of the molecule is c1ccc(-c2nc(-c3ccccc3)nc(-c3ccc4sc5cc6sc7cccc(-n8c9ccccc9c9ccccc98)c7c6cc5c4c3)n2)cc1. The van der Waals surface area contributed by atoms with Crippen LogP contribution in [0.4, 0.5) is 0 Å². The number of hydrogen-bond acceptors (Lipinski definition) is 5. The van der Waals surface area contributed by atoms with E-state index >= 15 is 0 Å². The highest BCUT2D eigenvalue weighted by Gasteiger charge is 2.19. The lowest BCUT2D eigenvalue weighted by atomic mass is 10.0. The molecule has 0 aliphatic heterocycles. The molecule has 0 amide bonds. The van der Waals surface area contributed by atoms with E-state index in [0.717, 1.165) is 16.7 Å². The number of aromatic nitrogens is 4. The molecule has 4 aromatic heterocycles. The van der Waals surface area contributed by atoms with Gasteiger partial charge in [-0.25, -0.2) is 15.0 Å². The summed E-state index contributed by atoms with van der Waals surface area (Å²) >= 11 is 3.72. The van der Waals surface area contributed by atoms with Crippen molar-refractivity contribution in [2.24, 2.45) is 0 Å². The average Bonchev–Trinajstić information content (AvgIpc) is 3.86. The Hall–Kier alpha value is -6.21. The van der Waals surface area contributed by atoms with Crippen LogP contribution in [-0.2, 0) is 0 Å². The van der Waals surface area contributed by atoms with Crippen LogP contribution >= 0.6 is 22.7 Å². The Morgan fingerprint density at radius 2 is 0.902 bits per heavy atom. The second kappa shape index (κ2) is 11.2. The first-order chi connectivity index (χ1) is 25.3. The fourth-order valence-electron chi connectivity index (χ4n) is 7.52. The van der Waals surface area contributed by atoms with Gasteiger partial charge in [0.25, 0.3) is 0 Å². The Morgan fingerprint density at radius 3 is 1.57 bits per heavy atom. The van der Waals surface area contributed by atoms with Crippen LogP contribution in [0.2, 0.25) is 0 Å². The Labute approximate surface area is 300 Å². The summed E-state index contributed by atoms with van der Waals surface area (Å²) in [5, 5.41) is 7.58. The Balaban J connectivity index is 1.14. The summed E-state index contributed by atoms with van der Waals surface area (Å²) in [7, 11) is 0. The van der Waals surface area contributed by atoms with E-state index in [4.69, 9.17) is 15.0 Å². The van der Waals surface area contributed by atoms with E-state index in [1.54, 1.807) is 0 Å². The maximum absolute atomic E-state index is 5.02. The van der Waals surface area contributed by atoms with Crippen LogP contribution in [0.5, 0.6) is 0 Å². The third-order valence-corrected chi connectivity index (χ3v) is 12.1. The molecule has 0 saturated heterocycles. The summed E-state index contributed by atoms with van der Waals surface area (Å²) in [5.41, 5.74) is 6.55. The zero-order valence-corrected chi connectivity index (χ0v) is 28.7. The van der Waals surface area contributed by atoms with E-state index in [9.17, 15) is 0 Å². The monoisotopic (exact) mass is 686 g/mol. The van der Waals surface area contributed by atoms with E-state index in [0.29, 0.717) is 17.5 Å². The third-order valence-electron chi connectivity index (χ3n) is 9.84. The van der Waals surface area contributed by atoms with Gasteiger partial charge in [0.05, 0.1) is 16.7 Å². The van der Waals surface area contributed by atoms with Gasteiger partial charge in [-0.15, -0.1) is 22.7 Å². The minimum Gasteiger partial charge on any atom is -0.309 e. The Kier molecular flexibility index (Phi) is 6.26. The van der Waals surface area contributed by atoms with Crippen LogP contribution in [0.3, 0.4) is 0 Å². The van der Waals surface area contributed by atoms with Gasteiger partial charge in [-0.1, -0.05) is 103 Å². The van der Waals surface area contributed by atoms with Crippen LogP contribution in [0.15, 0.2) is 158 Å². The van der Waals surface area contributed by atoms with Gasteiger partial charge in [-0.3, -0.25) is 0 Å². The first-order valence-corrected chi connectivity index (χ1v) is 18.6. The summed E-state index contributed by atoms with van der Waals surface area (Å²) in [6.45, 7) is 0. The molecule has 0 saturated carbocycles. The van der Waals surface area contributed by atoms with Gasteiger partial charge in [0.1, 0.15) is 0 Å². The van der Waals surface area contributed by atoms with E-state index < -0.39 is 0 Å². The molecule has 0 radical (unpaired) electrons. The molecule has 0 N–H and O–H groups in total. The Morgan fingerprint density at radius 1 is 0.353 bits per heavy atom. The van der Waals surface area contributed by atoms with Crippen molar-refractivity contribution in [1.82, 2.24) is 19.5 Å². The van der Waals surface area contributed by atoms with Crippen LogP contribution in [0.25, 0.3) is 102 Å². The number of benzene rings is 7. The second-order valence-corrected chi connectivity index (χ2v) is 15.0. The summed E-state index contributed by atoms with van der Waals surface area (Å²) < 4.78 is 7.57. The predicted octanol–water partition coefficient (Wildman–Crippen LogP) is 12.7. The number of rotatable bonds is 4. The number of fused-ring (bicyclic) bond motifs is 9. The van der Waals surface area contributed by atoms with Crippen molar-refractivity contribution in [3.63, 3.8) is 0 Å². The average molecular weight is 687 g/mol. The van der Waals surface area contributed by atoms with Gasteiger partial charge in [0.15, 0.2) is 17.5 Å². The molecule has 238 valence electrons. The molecule has 0 unspecified atom stereocenters. The molecule has 0 aliphatic carbocycles. The van der Waals surface area contributed by atoms with Gasteiger partial charge in [0, 0.05) is 67.8 Å². The van der Waals surface area contributed by atoms with Gasteiger partial charge >= 0.3 is 0 Å². The van der Waals surface area contributed by atoms with Crippen LogP contribution in [0, 0.1) is 0 Å². The highest BCUT2D eigenvalue weighted by molar-refractivity contribution is 7.28. The predicted molar refractivity (Wildman–Crippen MR) is 216 cm³/mol. The first kappa shape index (κ1) is 28.6. The quantitative estimate of drug-likeness (QED) is 0.185. The molecule has 11 aromatic rings. The number of hydrogen-bond donors (Lipinski definition) is 0. The highest BCUT2D eigenvalue weighted by atomic mass is 32.1. The summed E-state index contributed by atoms with van der Waals surface area (Å²) in [5.74, 6) is 2.00. The second-order valence-electron chi connectivity index (χ2n) is 12.8. The smallest absolute Gasteiger partial charge is 0.164 e. The number of thiophene rings is 2. The zero-order valence-electron chi connectivity index (χ0n) is 27.1. The van der Waals surface area contributed by atoms with Crippen LogP contribution in [-0.4, -0.2) is 19.5 Å². The van der Waals surface area contributed by atoms with Gasteiger partial charge in [-0.2, -0.15) is 0 Å². The van der Waals surface area contributed by atoms with Crippen molar-refractivity contribution in [3.05, 3.63) is 158 Å². The maximum Gasteiger partial charge on any atom is 0.164 e. The summed E-state index contributed by atoms with van der Waals surface area (Å²) in [4.78, 5) is 15.0. The topological polar surface area (TPSA) is 43.6 Å². The summed E-state index contributed by atoms with van der Waals surface area (Å²) in [6, 6.07) is 56.0. The fraction of sp³-hybridized carbons (Fsp3) is 0. The molecule has 0 aliphatic rings. The maximum atomic E-state index is 5.02. The largest absolute Gasteiger partial charge is 0.309 e. The minimum absolute atomic E-state index is 0.666. The van der Waals surface area contributed by atoms with E-state index in [1.165, 1.54) is 67.8 Å². The van der Waals surface area contributed by atoms with E-state index in [2.05, 4.69) is 102 Å². The van der Waals surface area contributed by atoms with Crippen molar-refractivity contribution in [2.75, 3.05) is 0 Å². The molecule has 0 atom stereocenters. The zero-order chi connectivity index (χ0) is 33.5. The molecule has 0 fully saturated rings. The van der Waals surface area contributed by atoms with Gasteiger partial charge < -0.3 is 4.57 Å². The van der Waals surface area contributed by atoms with Crippen molar-refractivity contribution >= 4 is 84.8 Å².